The van der Waals surface area contributed by atoms with Gasteiger partial charge in [0.2, 0.25) is 0 Å². The van der Waals surface area contributed by atoms with Gasteiger partial charge in [-0.25, -0.2) is 0 Å². The normalized spacial score (nSPS) is 13.1. The van der Waals surface area contributed by atoms with Gasteiger partial charge in [-0.05, 0) is 41.3 Å². The molecule has 0 bridgehead atoms. The Morgan fingerprint density at radius 3 is 1.04 bits per heavy atom. The van der Waals surface area contributed by atoms with E-state index in [2.05, 4.69) is 52.2 Å². The molecule has 0 rings (SSSR count). The zero-order chi connectivity index (χ0) is 21.6. The molecule has 0 aliphatic carbocycles. The van der Waals surface area contributed by atoms with Crippen LogP contribution in [0, 0.1) is 0 Å². The zero-order valence-corrected chi connectivity index (χ0v) is 20.8. The van der Waals surface area contributed by atoms with Gasteiger partial charge in [0.1, 0.15) is 0 Å². The van der Waals surface area contributed by atoms with Crippen LogP contribution in [0.4, 0.5) is 0 Å². The molecule has 3 nitrogen and oxygen atoms in total. The van der Waals surface area contributed by atoms with Gasteiger partial charge >= 0.3 is 0 Å². The molecule has 4 N–H and O–H groups in total. The molecule has 168 valence electrons. The molecule has 0 aliphatic rings. The maximum absolute atomic E-state index is 5.93. The first-order chi connectivity index (χ1) is 12.7. The first kappa shape index (κ1) is 31.6. The van der Waals surface area contributed by atoms with Crippen LogP contribution < -0.4 is 16.4 Å². The van der Waals surface area contributed by atoms with Crippen LogP contribution in [0.5, 0.6) is 0 Å². The predicted octanol–water partition coefficient (Wildman–Crippen LogP) is 7.00. The minimum atomic E-state index is -0.285. The van der Waals surface area contributed by atoms with E-state index in [9.17, 15) is 0 Å². The van der Waals surface area contributed by atoms with Crippen LogP contribution in [0.1, 0.15) is 132 Å². The maximum Gasteiger partial charge on any atom is 0.0648 e. The molecule has 0 saturated heterocycles. The highest BCUT2D eigenvalue weighted by atomic mass is 15.1. The molecule has 0 radical (unpaired) electrons. The van der Waals surface area contributed by atoms with Gasteiger partial charge in [0.05, 0.1) is 5.66 Å². The van der Waals surface area contributed by atoms with Crippen molar-refractivity contribution in [1.29, 1.82) is 0 Å². The van der Waals surface area contributed by atoms with Gasteiger partial charge in [-0.2, -0.15) is 0 Å². The largest absolute Gasteiger partial charge is 0.315 e. The van der Waals surface area contributed by atoms with Gasteiger partial charge in [0.15, 0.2) is 0 Å². The van der Waals surface area contributed by atoms with Crippen molar-refractivity contribution in [3.63, 3.8) is 0 Å². The third-order valence-corrected chi connectivity index (χ3v) is 4.97. The van der Waals surface area contributed by atoms with Crippen molar-refractivity contribution in [2.45, 2.75) is 143 Å². The van der Waals surface area contributed by atoms with Gasteiger partial charge in [0.25, 0.3) is 0 Å². The Morgan fingerprint density at radius 2 is 0.852 bits per heavy atom. The first-order valence-corrected chi connectivity index (χ1v) is 11.8. The Labute approximate surface area is 174 Å². The highest BCUT2D eigenvalue weighted by Crippen LogP contribution is 2.14. The molecule has 0 aliphatic heterocycles. The third-order valence-electron chi connectivity index (χ3n) is 4.97. The van der Waals surface area contributed by atoms with Gasteiger partial charge < -0.3 is 16.4 Å². The van der Waals surface area contributed by atoms with Crippen LogP contribution in [-0.4, -0.2) is 25.3 Å². The summed E-state index contributed by atoms with van der Waals surface area (Å²) in [6.45, 7) is 15.3. The summed E-state index contributed by atoms with van der Waals surface area (Å²) in [5.41, 5.74) is 5.73. The minimum absolute atomic E-state index is 0.0898. The summed E-state index contributed by atoms with van der Waals surface area (Å²) in [6.07, 6.45) is 17.9. The maximum atomic E-state index is 5.93. The van der Waals surface area contributed by atoms with Crippen LogP contribution in [0.15, 0.2) is 0 Å². The number of nitrogens with two attached hydrogens (primary N) is 1. The van der Waals surface area contributed by atoms with Gasteiger partial charge in [0, 0.05) is 5.54 Å². The molecule has 3 heteroatoms. The zero-order valence-electron chi connectivity index (χ0n) is 20.8. The van der Waals surface area contributed by atoms with E-state index in [4.69, 9.17) is 5.73 Å². The lowest BCUT2D eigenvalue weighted by molar-refractivity contribution is 0.261. The fourth-order valence-electron chi connectivity index (χ4n) is 2.80. The monoisotopic (exact) mass is 387 g/mol. The number of hydrogen-bond donors (Lipinski definition) is 3. The summed E-state index contributed by atoms with van der Waals surface area (Å²) in [7, 11) is 3.83. The second-order valence-corrected chi connectivity index (χ2v) is 8.81. The van der Waals surface area contributed by atoms with Crippen molar-refractivity contribution >= 4 is 0 Å². The summed E-state index contributed by atoms with van der Waals surface area (Å²) in [5.74, 6) is 0. The molecule has 1 atom stereocenters. The topological polar surface area (TPSA) is 50.1 Å². The van der Waals surface area contributed by atoms with E-state index in [0.717, 1.165) is 6.42 Å². The summed E-state index contributed by atoms with van der Waals surface area (Å²) in [6, 6.07) is 0. The van der Waals surface area contributed by atoms with Crippen molar-refractivity contribution in [1.82, 2.24) is 10.6 Å². The Balaban J connectivity index is -0.000000327. The highest BCUT2D eigenvalue weighted by Gasteiger charge is 2.26. The molecule has 0 saturated carbocycles. The van der Waals surface area contributed by atoms with Crippen molar-refractivity contribution in [2.75, 3.05) is 14.1 Å². The summed E-state index contributed by atoms with van der Waals surface area (Å²) in [5, 5.41) is 6.28. The molecular weight excluding hydrogens is 330 g/mol. The van der Waals surface area contributed by atoms with E-state index >= 15 is 0 Å². The number of rotatable bonds is 14. The van der Waals surface area contributed by atoms with E-state index in [1.54, 1.807) is 0 Å². The van der Waals surface area contributed by atoms with E-state index in [-0.39, 0.29) is 11.2 Å². The number of unbranched alkanes of at least 4 members (excludes halogenated alkanes) is 10. The highest BCUT2D eigenvalue weighted by molar-refractivity contribution is 4.87. The number of nitrogens with one attached hydrogen (secondary N) is 2. The Morgan fingerprint density at radius 1 is 0.556 bits per heavy atom. The lowest BCUT2D eigenvalue weighted by Gasteiger charge is -2.34. The Kier molecular flexibility index (Phi) is 25.9. The lowest BCUT2D eigenvalue weighted by Crippen LogP contribution is -2.55. The van der Waals surface area contributed by atoms with E-state index in [1.807, 2.05) is 21.0 Å². The third kappa shape index (κ3) is 30.8. The molecule has 0 aromatic rings. The average molecular weight is 388 g/mol. The van der Waals surface area contributed by atoms with Gasteiger partial charge in [-0.3, -0.25) is 0 Å². The average Bonchev–Trinajstić information content (AvgIpc) is 2.63. The summed E-state index contributed by atoms with van der Waals surface area (Å²) >= 11 is 0. The van der Waals surface area contributed by atoms with Crippen molar-refractivity contribution < 1.29 is 0 Å². The van der Waals surface area contributed by atoms with Crippen LogP contribution in [0.25, 0.3) is 0 Å². The summed E-state index contributed by atoms with van der Waals surface area (Å²) in [4.78, 5) is 0. The molecule has 0 spiro atoms. The van der Waals surface area contributed by atoms with Crippen LogP contribution >= 0.6 is 0 Å². The van der Waals surface area contributed by atoms with Crippen LogP contribution in [0.2, 0.25) is 0 Å². The fourth-order valence-corrected chi connectivity index (χ4v) is 2.80. The lowest BCUT2D eigenvalue weighted by atomic mass is 9.92. The Hall–Kier alpha value is -0.120. The van der Waals surface area contributed by atoms with Crippen molar-refractivity contribution in [3.8, 4) is 0 Å². The quantitative estimate of drug-likeness (QED) is 0.222. The predicted molar refractivity (Wildman–Crippen MR) is 128 cm³/mol. The SMILES string of the molecule is CCCCCCCC.CCCCCCCC.CNC(C)(C)CC(C)(N)NC. The molecule has 0 aromatic heterocycles. The molecular formula is C24H57N3. The Bertz CT molecular complexity index is 224. The number of hydrogen-bond acceptors (Lipinski definition) is 3. The molecule has 0 aromatic carbocycles. The fraction of sp³-hybridized carbons (Fsp3) is 1.00. The second kappa shape index (κ2) is 22.2. The molecule has 27 heavy (non-hydrogen) atoms. The van der Waals surface area contributed by atoms with E-state index < -0.39 is 0 Å². The van der Waals surface area contributed by atoms with Crippen LogP contribution in [-0.2, 0) is 0 Å². The standard InChI is InChI=1S/C8H21N3.2C8H18/c1-7(2,10-4)6-8(3,9)11-5;2*1-3-5-7-8-6-4-2/h10-11H,6,9H2,1-5H3;2*3-8H2,1-2H3. The minimum Gasteiger partial charge on any atom is -0.315 e. The van der Waals surface area contributed by atoms with Crippen molar-refractivity contribution in [3.05, 3.63) is 0 Å². The second-order valence-electron chi connectivity index (χ2n) is 8.81. The van der Waals surface area contributed by atoms with Gasteiger partial charge in [-0.15, -0.1) is 0 Å². The first-order valence-electron chi connectivity index (χ1n) is 11.8. The molecule has 0 amide bonds. The van der Waals surface area contributed by atoms with Crippen molar-refractivity contribution in [2.24, 2.45) is 5.73 Å². The van der Waals surface area contributed by atoms with E-state index in [0.29, 0.717) is 0 Å². The van der Waals surface area contributed by atoms with E-state index in [1.165, 1.54) is 77.0 Å². The summed E-state index contributed by atoms with van der Waals surface area (Å²) < 4.78 is 0. The molecule has 1 unspecified atom stereocenters. The van der Waals surface area contributed by atoms with Crippen LogP contribution in [0.3, 0.4) is 0 Å². The van der Waals surface area contributed by atoms with Gasteiger partial charge in [-0.1, -0.05) is 105 Å². The molecule has 0 fully saturated rings. The molecule has 0 heterocycles. The smallest absolute Gasteiger partial charge is 0.0648 e.